The third-order valence-corrected chi connectivity index (χ3v) is 35.3. The summed E-state index contributed by atoms with van der Waals surface area (Å²) in [7, 11) is -2.16. The summed E-state index contributed by atoms with van der Waals surface area (Å²) in [6, 6.07) is 157. The molecule has 17 nitrogen and oxygen atoms in total. The Balaban J connectivity index is 0.000000157. The van der Waals surface area contributed by atoms with E-state index >= 15 is 0 Å². The fraction of sp³-hybridized carbons (Fsp3) is 0.130. The van der Waals surface area contributed by atoms with Gasteiger partial charge in [0.15, 0.2) is 0 Å². The molecular weight excluding hydrogens is 2150 g/mol. The molecule has 0 saturated carbocycles. The number of benzene rings is 14. The van der Waals surface area contributed by atoms with Crippen molar-refractivity contribution in [2.24, 2.45) is 9.98 Å². The van der Waals surface area contributed by atoms with E-state index in [1.165, 1.54) is 74.8 Å². The zero-order valence-electron chi connectivity index (χ0n) is 85.1. The average molecular weight is 2260 g/mol. The molecule has 0 bridgehead atoms. The van der Waals surface area contributed by atoms with Crippen LogP contribution in [0, 0.1) is 3.57 Å². The smallest absolute Gasteiger partial charge is 1.00 e. The van der Waals surface area contributed by atoms with E-state index in [2.05, 4.69) is 497 Å². The van der Waals surface area contributed by atoms with E-state index < -0.39 is 31.7 Å². The van der Waals surface area contributed by atoms with Crippen LogP contribution in [0.1, 0.15) is 62.5 Å². The van der Waals surface area contributed by atoms with Gasteiger partial charge in [0, 0.05) is 109 Å². The number of carbonyl (C=O) groups excluding carboxylic acids is 1. The summed E-state index contributed by atoms with van der Waals surface area (Å²) >= 11 is 2.09. The number of anilines is 2. The van der Waals surface area contributed by atoms with Crippen molar-refractivity contribution in [2.75, 3.05) is 62.4 Å². The van der Waals surface area contributed by atoms with Gasteiger partial charge in [-0.2, -0.15) is 0 Å². The topological polar surface area (TPSA) is 209 Å². The standard InChI is InChI=1S/C23H28BN3O3.C22H20N4O2.4C18H15P.C5H4INO.CH2O3.2Na.Pd.H/c1-22(2)23(3,4)30-24(29-22)18-6-5-17-15-26-21(19(17)14-18)16-7-8-25-20(13-16)27-9-11-28-12-10-27;27-21-13-16(3-6-24-21)15-1-2-18-14-25-22(19(18)11-15)17-4-5-23-20(12-17)26-7-9-28-10-8-26;4*1-4-10-16(11-5-1)19(17-12-6-2-7-13-17)18-14-8-3-9-15-18;6-4-1-2-7-5(8)3-4;2-1-4-3;;;;/h5-8,13-14H,9-12,15H2,1-4H3;1-6,11-13H,7-10,14H2,(H,24,27);4*1-15H;1-3H,(H,7,8);1,3H;;;;/q;;;;;;;;2*+1;;-1/p-1. The predicted molar refractivity (Wildman–Crippen MR) is 617 cm³/mol. The first-order chi connectivity index (χ1) is 71.6. The summed E-state index contributed by atoms with van der Waals surface area (Å²) in [6.07, 6.45) is 7.03. The molecule has 18 aromatic rings. The van der Waals surface area contributed by atoms with Crippen molar-refractivity contribution in [3.63, 3.8) is 0 Å². The van der Waals surface area contributed by atoms with Gasteiger partial charge in [0.1, 0.15) is 11.6 Å². The molecule has 2 N–H and O–H groups in total. The molecule has 0 atom stereocenters. The number of aromatic amines is 2. The van der Waals surface area contributed by atoms with Crippen LogP contribution >= 0.6 is 54.3 Å². The number of ether oxygens (including phenoxy) is 2. The molecule has 3 saturated heterocycles. The van der Waals surface area contributed by atoms with Crippen LogP contribution in [0.15, 0.2) is 493 Å². The Morgan fingerprint density at radius 1 is 0.349 bits per heavy atom. The quantitative estimate of drug-likeness (QED) is 0.0193. The number of hydrogen-bond acceptors (Lipinski definition) is 15. The SMILES string of the molecule is CC1(C)OB(c2ccc3c(c2)C(c2ccnc(N4CCOCC4)c2)=NC3)OC1(C)C.O=CO[O-].O=c1cc(-c2ccc3c(c2)C(c2ccnc(N4CCOCC4)c2)=NC3)cc[nH]1.O=c1cc(I)cc[nH]1.[H-].[Na+].[Na+].[Pd].c1ccc(P(c2ccccc2)c2ccccc2)cc1.c1ccc(P(c2ccccc2)c2ccccc2)cc1.c1ccc(P(c2ccccc2)c2ccccc2)cc1.c1ccc(P(c2ccccc2)c2ccccc2)cc1. The van der Waals surface area contributed by atoms with E-state index in [0.717, 1.165) is 118 Å². The maximum absolute atomic E-state index is 11.7. The Kier molecular flexibility index (Phi) is 45.8. The molecule has 9 heterocycles. The predicted octanol–water partition coefficient (Wildman–Crippen LogP) is 12.5. The Hall–Kier alpha value is -11.3. The van der Waals surface area contributed by atoms with Crippen LogP contribution in [0.25, 0.3) is 11.1 Å². The van der Waals surface area contributed by atoms with Crippen molar-refractivity contribution in [1.82, 2.24) is 19.9 Å². The fourth-order valence-corrected chi connectivity index (χ4v) is 26.7. The first-order valence-corrected chi connectivity index (χ1v) is 54.9. The Bertz CT molecular complexity index is 6470. The molecule has 742 valence electrons. The van der Waals surface area contributed by atoms with E-state index in [0.29, 0.717) is 13.1 Å². The van der Waals surface area contributed by atoms with Gasteiger partial charge in [-0.1, -0.05) is 394 Å². The molecular formula is C123H114BIN8Na2O9P4Pd. The zero-order valence-corrected chi connectivity index (χ0v) is 95.4. The second kappa shape index (κ2) is 59.5. The molecule has 5 aliphatic rings. The molecule has 0 unspecified atom stereocenters. The summed E-state index contributed by atoms with van der Waals surface area (Å²) in [5.74, 6) is 1.94. The first-order valence-electron chi connectivity index (χ1n) is 48.5. The van der Waals surface area contributed by atoms with Crippen molar-refractivity contribution >= 4 is 160 Å². The summed E-state index contributed by atoms with van der Waals surface area (Å²) in [4.78, 5) is 61.8. The van der Waals surface area contributed by atoms with E-state index in [1.807, 2.05) is 36.7 Å². The van der Waals surface area contributed by atoms with Gasteiger partial charge in [0.25, 0.3) is 6.47 Å². The molecule has 0 amide bonds. The third-order valence-electron chi connectivity index (χ3n) is 24.9. The van der Waals surface area contributed by atoms with Crippen LogP contribution in [0.3, 0.4) is 0 Å². The molecule has 5 aliphatic heterocycles. The molecule has 14 aromatic carbocycles. The maximum Gasteiger partial charge on any atom is 1.00 e. The minimum atomic E-state index is -0.446. The summed E-state index contributed by atoms with van der Waals surface area (Å²) < 4.78 is 24.4. The molecule has 0 radical (unpaired) electrons. The number of fused-ring (bicyclic) bond motifs is 2. The van der Waals surface area contributed by atoms with Gasteiger partial charge in [-0.05, 0) is 216 Å². The van der Waals surface area contributed by atoms with Gasteiger partial charge < -0.3 is 50.1 Å². The monoisotopic (exact) mass is 2260 g/mol. The molecule has 23 rings (SSSR count). The van der Waals surface area contributed by atoms with Crippen LogP contribution in [0.2, 0.25) is 0 Å². The molecule has 3 fully saturated rings. The number of nitrogens with one attached hydrogen (secondary N) is 2. The first kappa shape index (κ1) is 115. The van der Waals surface area contributed by atoms with Crippen molar-refractivity contribution in [2.45, 2.75) is 52.0 Å². The number of rotatable bonds is 19. The van der Waals surface area contributed by atoms with Gasteiger partial charge in [0.2, 0.25) is 11.1 Å². The number of halogens is 1. The van der Waals surface area contributed by atoms with Gasteiger partial charge in [-0.25, -0.2) is 9.97 Å². The number of morpholine rings is 2. The average Bonchev–Trinajstić information content (AvgIpc) is 1.61. The molecule has 149 heavy (non-hydrogen) atoms. The normalized spacial score (nSPS) is 13.5. The molecule has 0 aliphatic carbocycles. The van der Waals surface area contributed by atoms with Crippen LogP contribution in [-0.2, 0) is 62.0 Å². The van der Waals surface area contributed by atoms with Crippen molar-refractivity contribution in [1.29, 1.82) is 0 Å². The van der Waals surface area contributed by atoms with Crippen molar-refractivity contribution < 1.29 is 115 Å². The minimum Gasteiger partial charge on any atom is -1.00 e. The summed E-state index contributed by atoms with van der Waals surface area (Å²) in [5.41, 5.74) is 11.0. The molecule has 26 heteroatoms. The second-order valence-electron chi connectivity index (χ2n) is 35.1. The van der Waals surface area contributed by atoms with Gasteiger partial charge in [0.05, 0.1) is 62.1 Å². The summed E-state index contributed by atoms with van der Waals surface area (Å²) in [6.45, 7) is 15.9. The fourth-order valence-electron chi connectivity index (χ4n) is 17.0. The number of aliphatic imine (C=N–C) groups is 2. The largest absolute Gasteiger partial charge is 1.00 e. The second-order valence-corrected chi connectivity index (χ2v) is 45.2. The van der Waals surface area contributed by atoms with E-state index in [-0.39, 0.29) is 117 Å². The van der Waals surface area contributed by atoms with Gasteiger partial charge >= 0.3 is 66.2 Å². The molecule has 4 aromatic heterocycles. The third kappa shape index (κ3) is 32.4. The van der Waals surface area contributed by atoms with Crippen LogP contribution in [0.5, 0.6) is 0 Å². The Morgan fingerprint density at radius 3 is 0.872 bits per heavy atom. The van der Waals surface area contributed by atoms with Gasteiger partial charge in [-0.15, -0.1) is 0 Å². The maximum atomic E-state index is 11.7. The van der Waals surface area contributed by atoms with E-state index in [9.17, 15) is 9.59 Å². The Morgan fingerprint density at radius 2 is 0.611 bits per heavy atom. The number of nitrogens with zero attached hydrogens (tertiary/aromatic N) is 6. The van der Waals surface area contributed by atoms with Crippen LogP contribution in [0.4, 0.5) is 11.6 Å². The van der Waals surface area contributed by atoms with Crippen LogP contribution < -0.4 is 154 Å². The van der Waals surface area contributed by atoms with Crippen molar-refractivity contribution in [3.05, 3.63) is 531 Å². The number of carbonyl (C=O) groups is 1. The van der Waals surface area contributed by atoms with E-state index in [1.54, 1.807) is 24.5 Å². The summed E-state index contributed by atoms with van der Waals surface area (Å²) in [5, 5.41) is 25.2. The minimum absolute atomic E-state index is 0. The van der Waals surface area contributed by atoms with Crippen molar-refractivity contribution in [3.8, 4) is 11.1 Å². The van der Waals surface area contributed by atoms with Crippen LogP contribution in [-0.4, -0.2) is 109 Å². The Labute approximate surface area is 952 Å². The zero-order chi connectivity index (χ0) is 101. The number of H-pyrrole nitrogens is 2. The number of hydrogen-bond donors (Lipinski definition) is 2. The number of aromatic nitrogens is 4. The van der Waals surface area contributed by atoms with Gasteiger partial charge in [-0.3, -0.25) is 24.4 Å². The molecule has 0 spiro atoms. The number of pyridine rings is 4. The van der Waals surface area contributed by atoms with E-state index in [4.69, 9.17) is 38.8 Å².